The van der Waals surface area contributed by atoms with Crippen molar-refractivity contribution in [3.63, 3.8) is 0 Å². The van der Waals surface area contributed by atoms with Crippen LogP contribution in [0.2, 0.25) is 0 Å². The minimum atomic E-state index is -0.224. The van der Waals surface area contributed by atoms with Gasteiger partial charge in [-0.2, -0.15) is 0 Å². The van der Waals surface area contributed by atoms with E-state index in [-0.39, 0.29) is 30.6 Å². The largest absolute Gasteiger partial charge is 0.504 e. The number of fused-ring (bicyclic) bond motifs is 2. The molecular weight excluding hydrogens is 358 g/mol. The maximum absolute atomic E-state index is 10.9. The van der Waals surface area contributed by atoms with Gasteiger partial charge < -0.3 is 28.6 Å². The fourth-order valence-corrected chi connectivity index (χ4v) is 4.23. The Hall–Kier alpha value is -3.28. The van der Waals surface area contributed by atoms with Gasteiger partial charge in [0.05, 0.1) is 7.11 Å². The Kier molecular flexibility index (Phi) is 3.86. The predicted molar refractivity (Wildman–Crippen MR) is 102 cm³/mol. The number of rotatable bonds is 3. The quantitative estimate of drug-likeness (QED) is 0.736. The Bertz CT molecular complexity index is 1010. The average Bonchev–Trinajstić information content (AvgIpc) is 3.38. The van der Waals surface area contributed by atoms with Crippen LogP contribution < -0.4 is 18.9 Å². The zero-order valence-electron chi connectivity index (χ0n) is 15.7. The van der Waals surface area contributed by atoms with E-state index in [0.29, 0.717) is 17.2 Å². The molecule has 2 aliphatic heterocycles. The molecule has 0 fully saturated rings. The number of nitrogens with zero attached hydrogens (tertiary/aromatic N) is 1. The number of phenolic OH excluding ortho intramolecular Hbond substituents is 1. The van der Waals surface area contributed by atoms with E-state index < -0.39 is 0 Å². The first-order valence-corrected chi connectivity index (χ1v) is 9.26. The second-order valence-corrected chi connectivity index (χ2v) is 7.12. The Morgan fingerprint density at radius 3 is 2.50 bits per heavy atom. The Morgan fingerprint density at radius 1 is 1.00 bits per heavy atom. The zero-order chi connectivity index (χ0) is 19.3. The van der Waals surface area contributed by atoms with Gasteiger partial charge in [-0.3, -0.25) is 0 Å². The molecule has 0 bridgehead atoms. The third-order valence-corrected chi connectivity index (χ3v) is 5.57. The fraction of sp³-hybridized carbons (Fsp3) is 0.273. The van der Waals surface area contributed by atoms with E-state index >= 15 is 0 Å². The second kappa shape index (κ2) is 6.41. The van der Waals surface area contributed by atoms with Gasteiger partial charge >= 0.3 is 0 Å². The highest BCUT2D eigenvalue weighted by Gasteiger charge is 2.40. The summed E-state index contributed by atoms with van der Waals surface area (Å²) in [6.45, 7) is 2.33. The Morgan fingerprint density at radius 2 is 1.75 bits per heavy atom. The summed E-state index contributed by atoms with van der Waals surface area (Å²) in [5.74, 6) is 2.64. The Labute approximate surface area is 162 Å². The number of para-hydroxylation sites is 1. The summed E-state index contributed by atoms with van der Waals surface area (Å²) in [7, 11) is 1.56. The van der Waals surface area contributed by atoms with Crippen LogP contribution in [-0.4, -0.2) is 23.6 Å². The van der Waals surface area contributed by atoms with Crippen molar-refractivity contribution in [2.45, 2.75) is 19.1 Å². The summed E-state index contributed by atoms with van der Waals surface area (Å²) in [5, 5.41) is 10.9. The van der Waals surface area contributed by atoms with Gasteiger partial charge in [-0.1, -0.05) is 19.1 Å². The molecule has 28 heavy (non-hydrogen) atoms. The van der Waals surface area contributed by atoms with Crippen molar-refractivity contribution in [2.75, 3.05) is 13.9 Å². The summed E-state index contributed by atoms with van der Waals surface area (Å²) in [6.07, 6.45) is 3.75. The molecule has 2 aliphatic rings. The maximum atomic E-state index is 10.9. The lowest BCUT2D eigenvalue weighted by molar-refractivity contribution is 0.0479. The molecule has 0 radical (unpaired) electrons. The Balaban J connectivity index is 1.70. The van der Waals surface area contributed by atoms with Crippen LogP contribution in [0.15, 0.2) is 54.9 Å². The molecule has 3 unspecified atom stereocenters. The van der Waals surface area contributed by atoms with E-state index in [1.165, 1.54) is 0 Å². The number of aromatic hydroxyl groups is 1. The van der Waals surface area contributed by atoms with Crippen LogP contribution in [0.4, 0.5) is 0 Å². The summed E-state index contributed by atoms with van der Waals surface area (Å²) in [4.78, 5) is 0. The minimum absolute atomic E-state index is 0.0401. The van der Waals surface area contributed by atoms with Crippen LogP contribution in [0, 0.1) is 5.92 Å². The number of methoxy groups -OCH3 is 1. The van der Waals surface area contributed by atoms with Crippen LogP contribution in [0.1, 0.15) is 30.2 Å². The van der Waals surface area contributed by atoms with E-state index in [9.17, 15) is 5.11 Å². The van der Waals surface area contributed by atoms with Gasteiger partial charge in [0.2, 0.25) is 6.79 Å². The molecule has 0 saturated carbocycles. The highest BCUT2D eigenvalue weighted by molar-refractivity contribution is 5.58. The van der Waals surface area contributed by atoms with Crippen molar-refractivity contribution in [2.24, 2.45) is 5.92 Å². The molecule has 5 rings (SSSR count). The fourth-order valence-electron chi connectivity index (χ4n) is 4.23. The number of phenols is 1. The molecular formula is C22H21NO5. The van der Waals surface area contributed by atoms with Crippen molar-refractivity contribution in [3.8, 4) is 28.7 Å². The number of hydrogen-bond donors (Lipinski definition) is 1. The molecule has 0 spiro atoms. The van der Waals surface area contributed by atoms with Gasteiger partial charge in [0.25, 0.3) is 0 Å². The van der Waals surface area contributed by atoms with Crippen LogP contribution >= 0.6 is 0 Å². The molecule has 1 aromatic heterocycles. The molecule has 144 valence electrons. The van der Waals surface area contributed by atoms with Crippen molar-refractivity contribution < 1.29 is 24.1 Å². The first kappa shape index (κ1) is 16.9. The van der Waals surface area contributed by atoms with E-state index in [4.69, 9.17) is 18.9 Å². The molecule has 0 amide bonds. The molecule has 3 aromatic rings. The van der Waals surface area contributed by atoms with Gasteiger partial charge in [0.15, 0.2) is 29.2 Å². The average molecular weight is 379 g/mol. The molecule has 3 atom stereocenters. The molecule has 6 heteroatoms. The molecule has 0 saturated heterocycles. The van der Waals surface area contributed by atoms with Crippen molar-refractivity contribution in [1.29, 1.82) is 0 Å². The number of hydrogen-bond acceptors (Lipinski definition) is 5. The van der Waals surface area contributed by atoms with Gasteiger partial charge in [-0.05, 0) is 24.3 Å². The molecule has 2 aromatic carbocycles. The third kappa shape index (κ3) is 2.48. The maximum Gasteiger partial charge on any atom is 0.231 e. The lowest BCUT2D eigenvalue weighted by Gasteiger charge is -2.39. The smallest absolute Gasteiger partial charge is 0.231 e. The number of benzene rings is 2. The number of ether oxygens (including phenoxy) is 4. The van der Waals surface area contributed by atoms with Crippen LogP contribution in [0.3, 0.4) is 0 Å². The van der Waals surface area contributed by atoms with E-state index in [1.54, 1.807) is 13.2 Å². The topological polar surface area (TPSA) is 62.1 Å². The van der Waals surface area contributed by atoms with Gasteiger partial charge in [-0.15, -0.1) is 0 Å². The SMILES string of the molecule is COc1cccc(C2c3cc4c(cc3OC(n3cccc3)C2C)OCO4)c1O. The highest BCUT2D eigenvalue weighted by Crippen LogP contribution is 2.53. The second-order valence-electron chi connectivity index (χ2n) is 7.12. The summed E-state index contributed by atoms with van der Waals surface area (Å²) >= 11 is 0. The molecule has 0 aliphatic carbocycles. The number of aromatic nitrogens is 1. The van der Waals surface area contributed by atoms with Crippen LogP contribution in [0.5, 0.6) is 28.7 Å². The van der Waals surface area contributed by atoms with Gasteiger partial charge in [0, 0.05) is 41.4 Å². The van der Waals surface area contributed by atoms with Gasteiger partial charge in [0.1, 0.15) is 5.75 Å². The standard InChI is InChI=1S/C22H21NO5/c1-13-20(14-6-5-7-16(25-2)21(14)24)15-10-18-19(27-12-26-18)11-17(15)28-22(13)23-8-3-4-9-23/h3-11,13,20,22,24H,12H2,1-2H3. The zero-order valence-corrected chi connectivity index (χ0v) is 15.7. The van der Waals surface area contributed by atoms with Crippen molar-refractivity contribution in [3.05, 3.63) is 66.0 Å². The van der Waals surface area contributed by atoms with Gasteiger partial charge in [-0.25, -0.2) is 0 Å². The van der Waals surface area contributed by atoms with Crippen molar-refractivity contribution in [1.82, 2.24) is 4.57 Å². The highest BCUT2D eigenvalue weighted by atomic mass is 16.7. The molecule has 1 N–H and O–H groups in total. The minimum Gasteiger partial charge on any atom is -0.504 e. The van der Waals surface area contributed by atoms with E-state index in [0.717, 1.165) is 16.9 Å². The first-order valence-electron chi connectivity index (χ1n) is 9.26. The molecule has 6 nitrogen and oxygen atoms in total. The molecule has 3 heterocycles. The predicted octanol–water partition coefficient (Wildman–Crippen LogP) is 4.29. The first-order chi connectivity index (χ1) is 13.7. The summed E-state index contributed by atoms with van der Waals surface area (Å²) < 4.78 is 24.9. The monoisotopic (exact) mass is 379 g/mol. The van der Waals surface area contributed by atoms with Crippen LogP contribution in [0.25, 0.3) is 0 Å². The third-order valence-electron chi connectivity index (χ3n) is 5.57. The van der Waals surface area contributed by atoms with Crippen LogP contribution in [-0.2, 0) is 0 Å². The lowest BCUT2D eigenvalue weighted by atomic mass is 9.78. The lowest BCUT2D eigenvalue weighted by Crippen LogP contribution is -2.32. The van der Waals surface area contributed by atoms with E-state index in [2.05, 4.69) is 6.92 Å². The normalized spacial score (nSPS) is 22.4. The summed E-state index contributed by atoms with van der Waals surface area (Å²) in [6, 6.07) is 13.4. The summed E-state index contributed by atoms with van der Waals surface area (Å²) in [5.41, 5.74) is 1.76. The van der Waals surface area contributed by atoms with Crippen molar-refractivity contribution >= 4 is 0 Å². The van der Waals surface area contributed by atoms with E-state index in [1.807, 2.05) is 53.4 Å².